The maximum atomic E-state index is 12.3. The molecule has 1 aliphatic heterocycles. The largest absolute Gasteiger partial charge is 0.497 e. The monoisotopic (exact) mass is 391 g/mol. The van der Waals surface area contributed by atoms with Crippen molar-refractivity contribution in [1.29, 1.82) is 0 Å². The second kappa shape index (κ2) is 8.52. The fraction of sp³-hybridized carbons (Fsp3) is 0.182. The fourth-order valence-electron chi connectivity index (χ4n) is 2.97. The summed E-state index contributed by atoms with van der Waals surface area (Å²) in [4.78, 5) is 16.6. The van der Waals surface area contributed by atoms with Crippen molar-refractivity contribution in [3.05, 3.63) is 71.9 Å². The lowest BCUT2D eigenvalue weighted by Gasteiger charge is -2.09. The number of pyridine rings is 1. The van der Waals surface area contributed by atoms with Crippen molar-refractivity contribution in [2.75, 3.05) is 25.8 Å². The molecular weight excluding hydrogens is 370 g/mol. The maximum Gasteiger partial charge on any atom is 0.252 e. The van der Waals surface area contributed by atoms with Gasteiger partial charge < -0.3 is 24.8 Å². The number of aromatic nitrogens is 1. The minimum atomic E-state index is -0.157. The van der Waals surface area contributed by atoms with Crippen LogP contribution in [0.15, 0.2) is 60.8 Å². The number of nitrogens with one attached hydrogen (secondary N) is 2. The van der Waals surface area contributed by atoms with Crippen LogP contribution < -0.4 is 24.8 Å². The van der Waals surface area contributed by atoms with Gasteiger partial charge in [0.2, 0.25) is 6.79 Å². The zero-order chi connectivity index (χ0) is 20.1. The number of amides is 1. The van der Waals surface area contributed by atoms with Gasteiger partial charge >= 0.3 is 0 Å². The molecule has 0 saturated carbocycles. The zero-order valence-electron chi connectivity index (χ0n) is 16.0. The number of ether oxygens (including phenoxy) is 3. The second-order valence-corrected chi connectivity index (χ2v) is 6.48. The highest BCUT2D eigenvalue weighted by atomic mass is 16.7. The Labute approximate surface area is 168 Å². The van der Waals surface area contributed by atoms with Crippen molar-refractivity contribution in [3.8, 4) is 17.2 Å². The van der Waals surface area contributed by atoms with Gasteiger partial charge in [0.25, 0.3) is 5.91 Å². The van der Waals surface area contributed by atoms with Gasteiger partial charge in [0.05, 0.1) is 12.7 Å². The Morgan fingerprint density at radius 2 is 2.00 bits per heavy atom. The minimum absolute atomic E-state index is 0.157. The molecule has 1 aliphatic rings. The highest BCUT2D eigenvalue weighted by Gasteiger charge is 2.13. The summed E-state index contributed by atoms with van der Waals surface area (Å²) in [5.74, 6) is 2.71. The topological polar surface area (TPSA) is 81.7 Å². The summed E-state index contributed by atoms with van der Waals surface area (Å²) in [5, 5.41) is 6.10. The Bertz CT molecular complexity index is 1010. The lowest BCUT2D eigenvalue weighted by molar-refractivity contribution is 0.0954. The van der Waals surface area contributed by atoms with Gasteiger partial charge in [-0.25, -0.2) is 4.98 Å². The van der Waals surface area contributed by atoms with Gasteiger partial charge in [-0.05, 0) is 48.4 Å². The maximum absolute atomic E-state index is 12.3. The van der Waals surface area contributed by atoms with Crippen LogP contribution in [0, 0.1) is 0 Å². The molecule has 2 aromatic carbocycles. The summed E-state index contributed by atoms with van der Waals surface area (Å²) < 4.78 is 15.9. The van der Waals surface area contributed by atoms with E-state index in [9.17, 15) is 4.79 Å². The predicted molar refractivity (Wildman–Crippen MR) is 109 cm³/mol. The number of benzene rings is 2. The first-order valence-electron chi connectivity index (χ1n) is 9.25. The Balaban J connectivity index is 1.30. The van der Waals surface area contributed by atoms with E-state index in [1.807, 2.05) is 42.5 Å². The smallest absolute Gasteiger partial charge is 0.252 e. The average Bonchev–Trinajstić information content (AvgIpc) is 3.22. The van der Waals surface area contributed by atoms with Crippen LogP contribution in [0.2, 0.25) is 0 Å². The molecule has 0 radical (unpaired) electrons. The molecule has 0 aliphatic carbocycles. The SMILES string of the molecule is COc1cccc(CCNC(=O)c2ccc(Nc3ccc4c(c3)OCO4)nc2)c1. The first kappa shape index (κ1) is 18.6. The third-order valence-corrected chi connectivity index (χ3v) is 4.50. The van der Waals surface area contributed by atoms with Crippen LogP contribution in [0.1, 0.15) is 15.9 Å². The molecule has 1 aromatic heterocycles. The number of methoxy groups -OCH3 is 1. The van der Waals surface area contributed by atoms with Gasteiger partial charge in [-0.2, -0.15) is 0 Å². The van der Waals surface area contributed by atoms with Crippen molar-refractivity contribution < 1.29 is 19.0 Å². The van der Waals surface area contributed by atoms with Crippen LogP contribution in [0.4, 0.5) is 11.5 Å². The van der Waals surface area contributed by atoms with E-state index in [0.29, 0.717) is 23.7 Å². The Kier molecular flexibility index (Phi) is 5.47. The normalized spacial score (nSPS) is 11.8. The molecule has 0 spiro atoms. The van der Waals surface area contributed by atoms with E-state index < -0.39 is 0 Å². The van der Waals surface area contributed by atoms with Crippen molar-refractivity contribution >= 4 is 17.4 Å². The standard InChI is InChI=1S/C22H21N3O4/c1-27-18-4-2-3-15(11-18)9-10-23-22(26)16-5-8-21(24-13-16)25-17-6-7-19-20(12-17)29-14-28-19/h2-8,11-13H,9-10,14H2,1H3,(H,23,26)(H,24,25). The Morgan fingerprint density at radius 3 is 2.83 bits per heavy atom. The summed E-state index contributed by atoms with van der Waals surface area (Å²) in [6.45, 7) is 0.766. The van der Waals surface area contributed by atoms with E-state index >= 15 is 0 Å². The van der Waals surface area contributed by atoms with E-state index in [2.05, 4.69) is 15.6 Å². The number of fused-ring (bicyclic) bond motifs is 1. The van der Waals surface area contributed by atoms with E-state index in [1.165, 1.54) is 0 Å². The third kappa shape index (κ3) is 4.57. The Hall–Kier alpha value is -3.74. The minimum Gasteiger partial charge on any atom is -0.497 e. The van der Waals surface area contributed by atoms with Gasteiger partial charge in [-0.3, -0.25) is 4.79 Å². The summed E-state index contributed by atoms with van der Waals surface area (Å²) in [6, 6.07) is 16.9. The molecule has 0 atom stereocenters. The predicted octanol–water partition coefficient (Wildman–Crippen LogP) is 3.54. The number of hydrogen-bond acceptors (Lipinski definition) is 6. The molecule has 7 nitrogen and oxygen atoms in total. The quantitative estimate of drug-likeness (QED) is 0.641. The van der Waals surface area contributed by atoms with Gasteiger partial charge in [-0.1, -0.05) is 12.1 Å². The molecule has 3 aromatic rings. The summed E-state index contributed by atoms with van der Waals surface area (Å²) in [5.41, 5.74) is 2.44. The molecule has 0 bridgehead atoms. The number of hydrogen-bond donors (Lipinski definition) is 2. The first-order chi connectivity index (χ1) is 14.2. The van der Waals surface area contributed by atoms with Crippen LogP contribution in [0.25, 0.3) is 0 Å². The molecule has 0 unspecified atom stereocenters. The number of anilines is 2. The molecule has 4 rings (SSSR count). The summed E-state index contributed by atoms with van der Waals surface area (Å²) >= 11 is 0. The van der Waals surface area contributed by atoms with E-state index in [1.54, 1.807) is 25.4 Å². The molecule has 0 fully saturated rings. The van der Waals surface area contributed by atoms with Crippen LogP contribution in [0.3, 0.4) is 0 Å². The van der Waals surface area contributed by atoms with Crippen molar-refractivity contribution in [3.63, 3.8) is 0 Å². The van der Waals surface area contributed by atoms with Gasteiger partial charge in [0, 0.05) is 24.5 Å². The van der Waals surface area contributed by atoms with E-state index in [4.69, 9.17) is 14.2 Å². The van der Waals surface area contributed by atoms with Crippen LogP contribution in [0.5, 0.6) is 17.2 Å². The van der Waals surface area contributed by atoms with Gasteiger partial charge in [0.1, 0.15) is 11.6 Å². The number of carbonyl (C=O) groups excluding carboxylic acids is 1. The molecular formula is C22H21N3O4. The van der Waals surface area contributed by atoms with Crippen LogP contribution >= 0.6 is 0 Å². The van der Waals surface area contributed by atoms with E-state index in [-0.39, 0.29) is 12.7 Å². The van der Waals surface area contributed by atoms with E-state index in [0.717, 1.165) is 29.2 Å². The number of carbonyl (C=O) groups is 1. The van der Waals surface area contributed by atoms with Gasteiger partial charge in [0.15, 0.2) is 11.5 Å². The number of nitrogens with zero attached hydrogens (tertiary/aromatic N) is 1. The van der Waals surface area contributed by atoms with Crippen LogP contribution in [-0.4, -0.2) is 31.3 Å². The van der Waals surface area contributed by atoms with Gasteiger partial charge in [-0.15, -0.1) is 0 Å². The molecule has 0 saturated heterocycles. The molecule has 2 N–H and O–H groups in total. The van der Waals surface area contributed by atoms with Crippen molar-refractivity contribution in [2.24, 2.45) is 0 Å². The molecule has 7 heteroatoms. The first-order valence-corrected chi connectivity index (χ1v) is 9.25. The molecule has 1 amide bonds. The second-order valence-electron chi connectivity index (χ2n) is 6.48. The molecule has 148 valence electrons. The highest BCUT2D eigenvalue weighted by molar-refractivity contribution is 5.94. The lowest BCUT2D eigenvalue weighted by atomic mass is 10.1. The highest BCUT2D eigenvalue weighted by Crippen LogP contribution is 2.34. The summed E-state index contributed by atoms with van der Waals surface area (Å²) in [7, 11) is 1.64. The number of rotatable bonds is 7. The third-order valence-electron chi connectivity index (χ3n) is 4.50. The van der Waals surface area contributed by atoms with Crippen LogP contribution in [-0.2, 0) is 6.42 Å². The average molecular weight is 391 g/mol. The summed E-state index contributed by atoms with van der Waals surface area (Å²) in [6.07, 6.45) is 2.27. The Morgan fingerprint density at radius 1 is 1.10 bits per heavy atom. The molecule has 29 heavy (non-hydrogen) atoms. The van der Waals surface area contributed by atoms with Crippen molar-refractivity contribution in [2.45, 2.75) is 6.42 Å². The van der Waals surface area contributed by atoms with Crippen molar-refractivity contribution in [1.82, 2.24) is 10.3 Å². The molecule has 2 heterocycles. The lowest BCUT2D eigenvalue weighted by Crippen LogP contribution is -2.25. The fourth-order valence-corrected chi connectivity index (χ4v) is 2.97. The zero-order valence-corrected chi connectivity index (χ0v) is 16.0.